The van der Waals surface area contributed by atoms with Crippen molar-refractivity contribution < 1.29 is 19.8 Å². The number of nitrogens with zero attached hydrogens (tertiary/aromatic N) is 2. The Morgan fingerprint density at radius 3 is 2.45 bits per heavy atom. The average molecular weight is 278 g/mol. The maximum absolute atomic E-state index is 12.3. The number of aromatic nitrogens is 1. The van der Waals surface area contributed by atoms with Crippen LogP contribution in [0.15, 0.2) is 18.2 Å². The molecule has 0 radical (unpaired) electrons. The molecule has 1 aromatic heterocycles. The Hall–Kier alpha value is -1.95. The third-order valence-corrected chi connectivity index (χ3v) is 3.83. The predicted octanol–water partition coefficient (Wildman–Crippen LogP) is 1.16. The molecule has 6 heteroatoms. The van der Waals surface area contributed by atoms with Gasteiger partial charge in [-0.25, -0.2) is 9.78 Å². The summed E-state index contributed by atoms with van der Waals surface area (Å²) in [6.45, 7) is 2.85. The van der Waals surface area contributed by atoms with Gasteiger partial charge in [0.25, 0.3) is 5.91 Å². The Bertz CT molecular complexity index is 522. The highest BCUT2D eigenvalue weighted by atomic mass is 16.4. The highest BCUT2D eigenvalue weighted by Gasteiger charge is 2.32. The summed E-state index contributed by atoms with van der Waals surface area (Å²) in [6, 6.07) is 4.37. The van der Waals surface area contributed by atoms with E-state index in [-0.39, 0.29) is 17.3 Å². The zero-order valence-electron chi connectivity index (χ0n) is 11.4. The minimum Gasteiger partial charge on any atom is -0.477 e. The van der Waals surface area contributed by atoms with Gasteiger partial charge in [0.2, 0.25) is 0 Å². The number of carbonyl (C=O) groups excluding carboxylic acids is 1. The van der Waals surface area contributed by atoms with Crippen LogP contribution in [0.5, 0.6) is 0 Å². The molecule has 1 amide bonds. The predicted molar refractivity (Wildman–Crippen MR) is 71.6 cm³/mol. The molecule has 0 spiro atoms. The van der Waals surface area contributed by atoms with E-state index in [9.17, 15) is 14.7 Å². The number of likely N-dealkylation sites (tertiary alicyclic amines) is 1. The molecule has 1 saturated heterocycles. The van der Waals surface area contributed by atoms with E-state index in [4.69, 9.17) is 5.11 Å². The summed E-state index contributed by atoms with van der Waals surface area (Å²) in [6.07, 6.45) is 1.74. The summed E-state index contributed by atoms with van der Waals surface area (Å²) >= 11 is 0. The zero-order valence-corrected chi connectivity index (χ0v) is 11.4. The molecule has 1 fully saturated rings. The molecule has 1 aliphatic rings. The standard InChI is InChI=1S/C14H18N2O4/c1-2-14(20)6-8-16(9-7-14)12(17)10-4-3-5-11(15-10)13(18)19/h3-5,20H,2,6-9H2,1H3,(H,18,19). The first kappa shape index (κ1) is 14.5. The number of amides is 1. The van der Waals surface area contributed by atoms with E-state index in [0.29, 0.717) is 32.4 Å². The quantitative estimate of drug-likeness (QED) is 0.865. The van der Waals surface area contributed by atoms with Crippen molar-refractivity contribution in [1.82, 2.24) is 9.88 Å². The number of hydrogen-bond donors (Lipinski definition) is 2. The molecule has 0 saturated carbocycles. The van der Waals surface area contributed by atoms with Gasteiger partial charge >= 0.3 is 5.97 Å². The van der Waals surface area contributed by atoms with Crippen LogP contribution in [0.2, 0.25) is 0 Å². The molecule has 0 aliphatic carbocycles. The molecule has 1 aliphatic heterocycles. The second kappa shape index (κ2) is 5.58. The number of carboxylic acids is 1. The lowest BCUT2D eigenvalue weighted by atomic mass is 9.89. The lowest BCUT2D eigenvalue weighted by Gasteiger charge is -2.37. The summed E-state index contributed by atoms with van der Waals surface area (Å²) in [4.78, 5) is 28.6. The van der Waals surface area contributed by atoms with E-state index in [1.165, 1.54) is 18.2 Å². The van der Waals surface area contributed by atoms with Crippen LogP contribution in [0.4, 0.5) is 0 Å². The van der Waals surface area contributed by atoms with E-state index < -0.39 is 11.6 Å². The highest BCUT2D eigenvalue weighted by molar-refractivity contribution is 5.94. The van der Waals surface area contributed by atoms with Crippen LogP contribution in [0, 0.1) is 0 Å². The van der Waals surface area contributed by atoms with Gasteiger partial charge in [0.15, 0.2) is 0 Å². The Morgan fingerprint density at radius 1 is 1.30 bits per heavy atom. The minimum atomic E-state index is -1.15. The Kier molecular flexibility index (Phi) is 4.04. The molecule has 2 rings (SSSR count). The molecule has 20 heavy (non-hydrogen) atoms. The number of piperidine rings is 1. The van der Waals surface area contributed by atoms with Crippen LogP contribution in [0.1, 0.15) is 47.2 Å². The molecule has 0 aromatic carbocycles. The highest BCUT2D eigenvalue weighted by Crippen LogP contribution is 2.25. The van der Waals surface area contributed by atoms with E-state index in [1.54, 1.807) is 4.90 Å². The molecule has 2 heterocycles. The van der Waals surface area contributed by atoms with Crippen LogP contribution in [-0.2, 0) is 0 Å². The van der Waals surface area contributed by atoms with Gasteiger partial charge in [-0.05, 0) is 31.4 Å². The Balaban J connectivity index is 2.09. The minimum absolute atomic E-state index is 0.131. The number of rotatable bonds is 3. The van der Waals surface area contributed by atoms with E-state index in [0.717, 1.165) is 0 Å². The van der Waals surface area contributed by atoms with Crippen LogP contribution in [0.25, 0.3) is 0 Å². The first-order chi connectivity index (χ1) is 9.45. The second-order valence-corrected chi connectivity index (χ2v) is 5.08. The van der Waals surface area contributed by atoms with Gasteiger partial charge in [-0.1, -0.05) is 13.0 Å². The van der Waals surface area contributed by atoms with Crippen molar-refractivity contribution >= 4 is 11.9 Å². The zero-order chi connectivity index (χ0) is 14.8. The van der Waals surface area contributed by atoms with Crippen LogP contribution >= 0.6 is 0 Å². The third kappa shape index (κ3) is 2.96. The van der Waals surface area contributed by atoms with Crippen molar-refractivity contribution in [3.8, 4) is 0 Å². The topological polar surface area (TPSA) is 90.7 Å². The van der Waals surface area contributed by atoms with Crippen LogP contribution in [-0.4, -0.2) is 50.7 Å². The van der Waals surface area contributed by atoms with E-state index in [2.05, 4.69) is 4.98 Å². The van der Waals surface area contributed by atoms with Gasteiger partial charge in [0.1, 0.15) is 11.4 Å². The number of aromatic carboxylic acids is 1. The summed E-state index contributed by atoms with van der Waals surface area (Å²) in [5, 5.41) is 19.0. The second-order valence-electron chi connectivity index (χ2n) is 5.08. The SMILES string of the molecule is CCC1(O)CCN(C(=O)c2cccc(C(=O)O)n2)CC1. The Morgan fingerprint density at radius 2 is 1.90 bits per heavy atom. The van der Waals surface area contributed by atoms with Gasteiger partial charge in [-0.3, -0.25) is 4.79 Å². The molecule has 0 bridgehead atoms. The monoisotopic (exact) mass is 278 g/mol. The van der Waals surface area contributed by atoms with E-state index in [1.807, 2.05) is 6.92 Å². The lowest BCUT2D eigenvalue weighted by Crippen LogP contribution is -2.46. The van der Waals surface area contributed by atoms with Crippen molar-refractivity contribution in [3.63, 3.8) is 0 Å². The number of aliphatic hydroxyl groups is 1. The fraction of sp³-hybridized carbons (Fsp3) is 0.500. The molecule has 2 N–H and O–H groups in total. The summed E-state index contributed by atoms with van der Waals surface area (Å²) < 4.78 is 0. The van der Waals surface area contributed by atoms with Crippen molar-refractivity contribution in [2.24, 2.45) is 0 Å². The first-order valence-corrected chi connectivity index (χ1v) is 6.67. The van der Waals surface area contributed by atoms with Gasteiger partial charge in [0.05, 0.1) is 5.60 Å². The van der Waals surface area contributed by atoms with Crippen molar-refractivity contribution in [2.75, 3.05) is 13.1 Å². The first-order valence-electron chi connectivity index (χ1n) is 6.67. The van der Waals surface area contributed by atoms with Crippen molar-refractivity contribution in [3.05, 3.63) is 29.6 Å². The average Bonchev–Trinajstić information content (AvgIpc) is 2.47. The number of carbonyl (C=O) groups is 2. The molecular weight excluding hydrogens is 260 g/mol. The molecule has 108 valence electrons. The number of hydrogen-bond acceptors (Lipinski definition) is 4. The maximum Gasteiger partial charge on any atom is 0.354 e. The van der Waals surface area contributed by atoms with Crippen LogP contribution in [0.3, 0.4) is 0 Å². The summed E-state index contributed by atoms with van der Waals surface area (Å²) in [7, 11) is 0. The third-order valence-electron chi connectivity index (χ3n) is 3.83. The fourth-order valence-corrected chi connectivity index (χ4v) is 2.31. The normalized spacial score (nSPS) is 17.8. The fourth-order valence-electron chi connectivity index (χ4n) is 2.31. The molecule has 0 unspecified atom stereocenters. The van der Waals surface area contributed by atoms with Gasteiger partial charge < -0.3 is 15.1 Å². The van der Waals surface area contributed by atoms with E-state index >= 15 is 0 Å². The van der Waals surface area contributed by atoms with Gasteiger partial charge in [-0.15, -0.1) is 0 Å². The summed E-state index contributed by atoms with van der Waals surface area (Å²) in [5.41, 5.74) is -0.697. The molecular formula is C14H18N2O4. The molecule has 1 aromatic rings. The van der Waals surface area contributed by atoms with Crippen molar-refractivity contribution in [1.29, 1.82) is 0 Å². The smallest absolute Gasteiger partial charge is 0.354 e. The maximum atomic E-state index is 12.3. The largest absolute Gasteiger partial charge is 0.477 e. The van der Waals surface area contributed by atoms with Crippen molar-refractivity contribution in [2.45, 2.75) is 31.8 Å². The number of carboxylic acid groups (broad SMARTS) is 1. The molecule has 6 nitrogen and oxygen atoms in total. The van der Waals surface area contributed by atoms with Crippen LogP contribution < -0.4 is 0 Å². The van der Waals surface area contributed by atoms with Gasteiger partial charge in [0, 0.05) is 13.1 Å². The Labute approximate surface area is 117 Å². The number of pyridine rings is 1. The van der Waals surface area contributed by atoms with Gasteiger partial charge in [-0.2, -0.15) is 0 Å². The lowest BCUT2D eigenvalue weighted by molar-refractivity contribution is -0.0194. The molecule has 0 atom stereocenters. The summed E-state index contributed by atoms with van der Waals surface area (Å²) in [5.74, 6) is -1.44.